The average Bonchev–Trinajstić information content (AvgIpc) is 2.38. The summed E-state index contributed by atoms with van der Waals surface area (Å²) in [5, 5.41) is 3.38. The maximum atomic E-state index is 5.81. The van der Waals surface area contributed by atoms with Crippen LogP contribution in [0.4, 0.5) is 5.69 Å². The van der Waals surface area contributed by atoms with E-state index >= 15 is 0 Å². The van der Waals surface area contributed by atoms with Crippen LogP contribution in [-0.4, -0.2) is 31.1 Å². The number of hydrogen-bond acceptors (Lipinski definition) is 3. The first-order valence-corrected chi connectivity index (χ1v) is 6.78. The molecule has 0 bridgehead atoms. The molecular formula is C15H24N2O. The molecule has 0 amide bonds. The van der Waals surface area contributed by atoms with Gasteiger partial charge in [0, 0.05) is 24.7 Å². The third-order valence-electron chi connectivity index (χ3n) is 3.84. The van der Waals surface area contributed by atoms with E-state index in [4.69, 9.17) is 4.74 Å². The predicted molar refractivity (Wildman–Crippen MR) is 76.2 cm³/mol. The fourth-order valence-electron chi connectivity index (χ4n) is 2.28. The molecule has 0 saturated carbocycles. The van der Waals surface area contributed by atoms with Gasteiger partial charge < -0.3 is 10.1 Å². The Morgan fingerprint density at radius 3 is 2.83 bits per heavy atom. The highest BCUT2D eigenvalue weighted by Gasteiger charge is 2.18. The minimum atomic E-state index is 0.567. The Balaban J connectivity index is 2.14. The monoisotopic (exact) mass is 248 g/mol. The summed E-state index contributed by atoms with van der Waals surface area (Å²) in [7, 11) is 2.18. The lowest BCUT2D eigenvalue weighted by atomic mass is 10.0. The van der Waals surface area contributed by atoms with Crippen molar-refractivity contribution >= 4 is 5.69 Å². The molecule has 1 unspecified atom stereocenters. The maximum Gasteiger partial charge on any atom is 0.146 e. The smallest absolute Gasteiger partial charge is 0.146 e. The second-order valence-electron chi connectivity index (χ2n) is 5.47. The summed E-state index contributed by atoms with van der Waals surface area (Å²) in [5.41, 5.74) is 2.40. The van der Waals surface area contributed by atoms with Crippen molar-refractivity contribution in [2.24, 2.45) is 5.92 Å². The van der Waals surface area contributed by atoms with E-state index in [0.717, 1.165) is 31.1 Å². The van der Waals surface area contributed by atoms with Gasteiger partial charge in [-0.25, -0.2) is 0 Å². The van der Waals surface area contributed by atoms with Gasteiger partial charge in [-0.2, -0.15) is 0 Å². The van der Waals surface area contributed by atoms with Crippen molar-refractivity contribution in [2.45, 2.75) is 33.4 Å². The standard InChI is InChI=1S/C15H24N2O/c1-11(2)12(3)17(4)10-13-6-5-7-14-15(13)18-9-8-16-14/h5-7,11-12,16H,8-10H2,1-4H3. The molecule has 1 N–H and O–H groups in total. The van der Waals surface area contributed by atoms with Crippen LogP contribution in [0.1, 0.15) is 26.3 Å². The Labute approximate surface area is 110 Å². The third-order valence-corrected chi connectivity index (χ3v) is 3.84. The quantitative estimate of drug-likeness (QED) is 0.886. The molecule has 1 aliphatic heterocycles. The first-order chi connectivity index (χ1) is 8.59. The first kappa shape index (κ1) is 13.2. The second kappa shape index (κ2) is 5.61. The Kier molecular flexibility index (Phi) is 4.12. The van der Waals surface area contributed by atoms with Gasteiger partial charge in [0.1, 0.15) is 12.4 Å². The normalized spacial score (nSPS) is 16.1. The van der Waals surface area contributed by atoms with Crippen molar-refractivity contribution in [3.63, 3.8) is 0 Å². The Hall–Kier alpha value is -1.22. The molecule has 0 radical (unpaired) electrons. The van der Waals surface area contributed by atoms with Crippen molar-refractivity contribution in [2.75, 3.05) is 25.5 Å². The van der Waals surface area contributed by atoms with Crippen molar-refractivity contribution in [1.82, 2.24) is 4.90 Å². The van der Waals surface area contributed by atoms with Crippen molar-refractivity contribution in [3.05, 3.63) is 23.8 Å². The van der Waals surface area contributed by atoms with Gasteiger partial charge in [0.15, 0.2) is 0 Å². The molecule has 0 fully saturated rings. The van der Waals surface area contributed by atoms with Gasteiger partial charge in [0.05, 0.1) is 5.69 Å². The summed E-state index contributed by atoms with van der Waals surface area (Å²) in [6.45, 7) is 9.39. The number of nitrogens with zero attached hydrogens (tertiary/aromatic N) is 1. The van der Waals surface area contributed by atoms with E-state index in [2.05, 4.69) is 56.2 Å². The minimum absolute atomic E-state index is 0.567. The Morgan fingerprint density at radius 2 is 2.11 bits per heavy atom. The summed E-state index contributed by atoms with van der Waals surface area (Å²) < 4.78 is 5.81. The fraction of sp³-hybridized carbons (Fsp3) is 0.600. The molecule has 1 aliphatic rings. The lowest BCUT2D eigenvalue weighted by Crippen LogP contribution is -2.33. The zero-order chi connectivity index (χ0) is 13.1. The molecule has 0 aliphatic carbocycles. The van der Waals surface area contributed by atoms with Crippen LogP contribution in [0.25, 0.3) is 0 Å². The van der Waals surface area contributed by atoms with E-state index in [0.29, 0.717) is 12.0 Å². The average molecular weight is 248 g/mol. The molecule has 100 valence electrons. The maximum absolute atomic E-state index is 5.81. The van der Waals surface area contributed by atoms with Gasteiger partial charge in [-0.05, 0) is 26.0 Å². The SMILES string of the molecule is CC(C)C(C)N(C)Cc1cccc2c1OCCN2. The van der Waals surface area contributed by atoms with E-state index in [-0.39, 0.29) is 0 Å². The van der Waals surface area contributed by atoms with Gasteiger partial charge in [-0.1, -0.05) is 26.0 Å². The molecule has 3 heteroatoms. The van der Waals surface area contributed by atoms with Gasteiger partial charge in [-0.3, -0.25) is 4.90 Å². The number of hydrogen-bond donors (Lipinski definition) is 1. The molecule has 18 heavy (non-hydrogen) atoms. The van der Waals surface area contributed by atoms with Crippen LogP contribution < -0.4 is 10.1 Å². The number of benzene rings is 1. The minimum Gasteiger partial charge on any atom is -0.489 e. The molecule has 1 atom stereocenters. The van der Waals surface area contributed by atoms with Gasteiger partial charge in [0.25, 0.3) is 0 Å². The lowest BCUT2D eigenvalue weighted by Gasteiger charge is -2.29. The van der Waals surface area contributed by atoms with Crippen molar-refractivity contribution in [3.8, 4) is 5.75 Å². The van der Waals surface area contributed by atoms with Crippen LogP contribution in [0.3, 0.4) is 0 Å². The van der Waals surface area contributed by atoms with E-state index in [1.165, 1.54) is 5.56 Å². The summed E-state index contributed by atoms with van der Waals surface area (Å²) in [6.07, 6.45) is 0. The number of para-hydroxylation sites is 1. The summed E-state index contributed by atoms with van der Waals surface area (Å²) in [6, 6.07) is 6.92. The number of fused-ring (bicyclic) bond motifs is 1. The van der Waals surface area contributed by atoms with E-state index in [9.17, 15) is 0 Å². The van der Waals surface area contributed by atoms with Crippen LogP contribution in [0.15, 0.2) is 18.2 Å². The molecule has 1 aromatic carbocycles. The summed E-state index contributed by atoms with van der Waals surface area (Å²) >= 11 is 0. The molecule has 2 rings (SSSR count). The predicted octanol–water partition coefficient (Wildman–Crippen LogP) is 2.97. The molecule has 1 aromatic rings. The summed E-state index contributed by atoms with van der Waals surface area (Å²) in [4.78, 5) is 2.39. The van der Waals surface area contributed by atoms with Crippen LogP contribution in [0.2, 0.25) is 0 Å². The van der Waals surface area contributed by atoms with Crippen LogP contribution in [0, 0.1) is 5.92 Å². The van der Waals surface area contributed by atoms with Gasteiger partial charge >= 0.3 is 0 Å². The Morgan fingerprint density at radius 1 is 1.33 bits per heavy atom. The van der Waals surface area contributed by atoms with Crippen LogP contribution >= 0.6 is 0 Å². The number of ether oxygens (including phenoxy) is 1. The first-order valence-electron chi connectivity index (χ1n) is 6.78. The van der Waals surface area contributed by atoms with Gasteiger partial charge in [0.2, 0.25) is 0 Å². The molecule has 3 nitrogen and oxygen atoms in total. The number of anilines is 1. The Bertz CT molecular complexity index is 403. The fourth-order valence-corrected chi connectivity index (χ4v) is 2.28. The second-order valence-corrected chi connectivity index (χ2v) is 5.47. The zero-order valence-electron chi connectivity index (χ0n) is 11.9. The van der Waals surface area contributed by atoms with Crippen molar-refractivity contribution in [1.29, 1.82) is 0 Å². The van der Waals surface area contributed by atoms with Crippen LogP contribution in [0.5, 0.6) is 5.75 Å². The van der Waals surface area contributed by atoms with Crippen LogP contribution in [-0.2, 0) is 6.54 Å². The highest BCUT2D eigenvalue weighted by atomic mass is 16.5. The lowest BCUT2D eigenvalue weighted by molar-refractivity contribution is 0.197. The highest BCUT2D eigenvalue weighted by molar-refractivity contribution is 5.61. The zero-order valence-corrected chi connectivity index (χ0v) is 11.9. The molecule has 0 aromatic heterocycles. The molecule has 0 spiro atoms. The molecular weight excluding hydrogens is 224 g/mol. The third kappa shape index (κ3) is 2.78. The summed E-state index contributed by atoms with van der Waals surface area (Å²) in [5.74, 6) is 1.69. The molecule has 1 heterocycles. The topological polar surface area (TPSA) is 24.5 Å². The molecule has 0 saturated heterocycles. The number of nitrogens with one attached hydrogen (secondary N) is 1. The van der Waals surface area contributed by atoms with E-state index in [1.54, 1.807) is 0 Å². The largest absolute Gasteiger partial charge is 0.489 e. The number of rotatable bonds is 4. The highest BCUT2D eigenvalue weighted by Crippen LogP contribution is 2.32. The van der Waals surface area contributed by atoms with E-state index < -0.39 is 0 Å². The van der Waals surface area contributed by atoms with E-state index in [1.807, 2.05) is 0 Å². The van der Waals surface area contributed by atoms with Crippen molar-refractivity contribution < 1.29 is 4.74 Å². The van der Waals surface area contributed by atoms with Gasteiger partial charge in [-0.15, -0.1) is 0 Å².